The molecule has 102 valence electrons. The second-order valence-corrected chi connectivity index (χ2v) is 5.16. The zero-order valence-electron chi connectivity index (χ0n) is 11.2. The SMILES string of the molecule is COc1cccc2c1ccn2Cc1nc(C2CC2)no1. The van der Waals surface area contributed by atoms with E-state index in [9.17, 15) is 0 Å². The molecule has 2 heterocycles. The van der Waals surface area contributed by atoms with Crippen LogP contribution in [-0.4, -0.2) is 21.8 Å². The fourth-order valence-electron chi connectivity index (χ4n) is 2.50. The van der Waals surface area contributed by atoms with E-state index in [1.165, 1.54) is 12.8 Å². The Morgan fingerprint density at radius 2 is 2.25 bits per heavy atom. The summed E-state index contributed by atoms with van der Waals surface area (Å²) in [7, 11) is 1.69. The van der Waals surface area contributed by atoms with E-state index in [1.807, 2.05) is 24.4 Å². The van der Waals surface area contributed by atoms with Gasteiger partial charge in [0.25, 0.3) is 0 Å². The molecule has 0 amide bonds. The Labute approximate surface area is 116 Å². The van der Waals surface area contributed by atoms with Crippen molar-refractivity contribution >= 4 is 10.9 Å². The number of fused-ring (bicyclic) bond motifs is 1. The van der Waals surface area contributed by atoms with Crippen LogP contribution in [0.4, 0.5) is 0 Å². The van der Waals surface area contributed by atoms with Crippen molar-refractivity contribution in [3.05, 3.63) is 42.2 Å². The molecular formula is C15H15N3O2. The summed E-state index contributed by atoms with van der Waals surface area (Å²) in [4.78, 5) is 4.47. The van der Waals surface area contributed by atoms with Gasteiger partial charge in [-0.3, -0.25) is 0 Å². The molecule has 1 aromatic carbocycles. The molecule has 2 aromatic heterocycles. The molecule has 3 aromatic rings. The summed E-state index contributed by atoms with van der Waals surface area (Å²) >= 11 is 0. The standard InChI is InChI=1S/C15H15N3O2/c1-19-13-4-2-3-12-11(13)7-8-18(12)9-14-16-15(17-20-14)10-5-6-10/h2-4,7-8,10H,5-6,9H2,1H3. The lowest BCUT2D eigenvalue weighted by molar-refractivity contribution is 0.367. The molecule has 0 spiro atoms. The molecule has 0 atom stereocenters. The third kappa shape index (κ3) is 1.86. The number of methoxy groups -OCH3 is 1. The summed E-state index contributed by atoms with van der Waals surface area (Å²) in [6, 6.07) is 8.06. The van der Waals surface area contributed by atoms with Gasteiger partial charge in [0.2, 0.25) is 5.89 Å². The average molecular weight is 269 g/mol. The second-order valence-electron chi connectivity index (χ2n) is 5.16. The molecule has 0 N–H and O–H groups in total. The molecule has 4 rings (SSSR count). The molecule has 5 heteroatoms. The summed E-state index contributed by atoms with van der Waals surface area (Å²) in [6.07, 6.45) is 4.39. The summed E-state index contributed by atoms with van der Waals surface area (Å²) in [6.45, 7) is 0.594. The monoisotopic (exact) mass is 269 g/mol. The zero-order chi connectivity index (χ0) is 13.5. The summed E-state index contributed by atoms with van der Waals surface area (Å²) in [5.41, 5.74) is 1.11. The van der Waals surface area contributed by atoms with Crippen LogP contribution in [-0.2, 0) is 6.54 Å². The summed E-state index contributed by atoms with van der Waals surface area (Å²) in [5, 5.41) is 5.14. The minimum atomic E-state index is 0.522. The van der Waals surface area contributed by atoms with Gasteiger partial charge in [-0.25, -0.2) is 0 Å². The fraction of sp³-hybridized carbons (Fsp3) is 0.333. The van der Waals surface area contributed by atoms with Crippen LogP contribution in [0.5, 0.6) is 5.75 Å². The molecule has 0 bridgehead atoms. The Morgan fingerprint density at radius 1 is 1.35 bits per heavy atom. The van der Waals surface area contributed by atoms with E-state index in [-0.39, 0.29) is 0 Å². The normalized spacial score (nSPS) is 14.8. The second kappa shape index (κ2) is 4.37. The Hall–Kier alpha value is -2.30. The molecular weight excluding hydrogens is 254 g/mol. The van der Waals surface area contributed by atoms with Crippen molar-refractivity contribution in [1.82, 2.24) is 14.7 Å². The zero-order valence-corrected chi connectivity index (χ0v) is 11.2. The third-order valence-electron chi connectivity index (χ3n) is 3.73. The highest BCUT2D eigenvalue weighted by molar-refractivity contribution is 5.86. The minimum Gasteiger partial charge on any atom is -0.496 e. The number of aromatic nitrogens is 3. The first-order chi connectivity index (χ1) is 9.85. The van der Waals surface area contributed by atoms with Crippen molar-refractivity contribution in [1.29, 1.82) is 0 Å². The quantitative estimate of drug-likeness (QED) is 0.730. The van der Waals surface area contributed by atoms with Crippen molar-refractivity contribution in [2.24, 2.45) is 0 Å². The van der Waals surface area contributed by atoms with Crippen molar-refractivity contribution in [3.8, 4) is 5.75 Å². The molecule has 0 unspecified atom stereocenters. The van der Waals surface area contributed by atoms with Gasteiger partial charge in [-0.2, -0.15) is 4.98 Å². The average Bonchev–Trinajstić information content (AvgIpc) is 3.09. The fourth-order valence-corrected chi connectivity index (χ4v) is 2.50. The number of hydrogen-bond donors (Lipinski definition) is 0. The highest BCUT2D eigenvalue weighted by Crippen LogP contribution is 2.38. The van der Waals surface area contributed by atoms with Crippen LogP contribution in [0.15, 0.2) is 35.0 Å². The molecule has 1 aliphatic carbocycles. The highest BCUT2D eigenvalue weighted by atomic mass is 16.5. The number of hydrogen-bond acceptors (Lipinski definition) is 4. The van der Waals surface area contributed by atoms with Crippen LogP contribution in [0, 0.1) is 0 Å². The van der Waals surface area contributed by atoms with E-state index >= 15 is 0 Å². The minimum absolute atomic E-state index is 0.522. The van der Waals surface area contributed by atoms with Gasteiger partial charge in [0, 0.05) is 17.5 Å². The van der Waals surface area contributed by atoms with E-state index in [0.717, 1.165) is 22.5 Å². The van der Waals surface area contributed by atoms with Gasteiger partial charge < -0.3 is 13.8 Å². The molecule has 0 saturated heterocycles. The molecule has 1 saturated carbocycles. The molecule has 0 radical (unpaired) electrons. The highest BCUT2D eigenvalue weighted by Gasteiger charge is 2.28. The number of rotatable bonds is 4. The van der Waals surface area contributed by atoms with Crippen LogP contribution >= 0.6 is 0 Å². The molecule has 20 heavy (non-hydrogen) atoms. The van der Waals surface area contributed by atoms with E-state index in [2.05, 4.69) is 20.8 Å². The van der Waals surface area contributed by atoms with Crippen LogP contribution in [0.25, 0.3) is 10.9 Å². The van der Waals surface area contributed by atoms with Crippen molar-refractivity contribution < 1.29 is 9.26 Å². The summed E-state index contributed by atoms with van der Waals surface area (Å²) in [5.74, 6) is 2.92. The Morgan fingerprint density at radius 3 is 3.05 bits per heavy atom. The van der Waals surface area contributed by atoms with Crippen molar-refractivity contribution in [3.63, 3.8) is 0 Å². The van der Waals surface area contributed by atoms with E-state index in [0.29, 0.717) is 18.4 Å². The maximum absolute atomic E-state index is 5.37. The molecule has 5 nitrogen and oxygen atoms in total. The van der Waals surface area contributed by atoms with Gasteiger partial charge >= 0.3 is 0 Å². The number of benzene rings is 1. The first-order valence-electron chi connectivity index (χ1n) is 6.79. The predicted molar refractivity (Wildman–Crippen MR) is 73.9 cm³/mol. The Kier molecular flexibility index (Phi) is 2.52. The Bertz CT molecular complexity index is 755. The molecule has 1 aliphatic rings. The molecule has 1 fully saturated rings. The first-order valence-corrected chi connectivity index (χ1v) is 6.79. The third-order valence-corrected chi connectivity index (χ3v) is 3.73. The lowest BCUT2D eigenvalue weighted by Gasteiger charge is -2.04. The topological polar surface area (TPSA) is 53.1 Å². The maximum atomic E-state index is 5.37. The first kappa shape index (κ1) is 11.5. The van der Waals surface area contributed by atoms with Crippen LogP contribution in [0.1, 0.15) is 30.5 Å². The number of nitrogens with zero attached hydrogens (tertiary/aromatic N) is 3. The van der Waals surface area contributed by atoms with Gasteiger partial charge in [0.15, 0.2) is 5.82 Å². The van der Waals surface area contributed by atoms with Gasteiger partial charge in [0.05, 0.1) is 12.6 Å². The van der Waals surface area contributed by atoms with E-state index in [4.69, 9.17) is 9.26 Å². The lowest BCUT2D eigenvalue weighted by Crippen LogP contribution is -1.98. The lowest BCUT2D eigenvalue weighted by atomic mass is 10.2. The van der Waals surface area contributed by atoms with Gasteiger partial charge in [-0.15, -0.1) is 0 Å². The van der Waals surface area contributed by atoms with Crippen molar-refractivity contribution in [2.75, 3.05) is 7.11 Å². The van der Waals surface area contributed by atoms with Crippen LogP contribution < -0.4 is 4.74 Å². The van der Waals surface area contributed by atoms with Crippen molar-refractivity contribution in [2.45, 2.75) is 25.3 Å². The van der Waals surface area contributed by atoms with E-state index in [1.54, 1.807) is 7.11 Å². The van der Waals surface area contributed by atoms with Gasteiger partial charge in [0.1, 0.15) is 12.3 Å². The largest absolute Gasteiger partial charge is 0.496 e. The van der Waals surface area contributed by atoms with Crippen LogP contribution in [0.3, 0.4) is 0 Å². The van der Waals surface area contributed by atoms with Gasteiger partial charge in [-0.1, -0.05) is 11.2 Å². The smallest absolute Gasteiger partial charge is 0.246 e. The van der Waals surface area contributed by atoms with Crippen LogP contribution in [0.2, 0.25) is 0 Å². The maximum Gasteiger partial charge on any atom is 0.246 e. The van der Waals surface area contributed by atoms with E-state index < -0.39 is 0 Å². The molecule has 0 aliphatic heterocycles. The predicted octanol–water partition coefficient (Wildman–Crippen LogP) is 2.96. The van der Waals surface area contributed by atoms with Gasteiger partial charge in [-0.05, 0) is 31.0 Å². The number of ether oxygens (including phenoxy) is 1. The summed E-state index contributed by atoms with van der Waals surface area (Å²) < 4.78 is 12.8. The Balaban J connectivity index is 1.67.